The quantitative estimate of drug-likeness (QED) is 0.0261. The van der Waals surface area contributed by atoms with Gasteiger partial charge in [0.1, 0.15) is 13.2 Å². The monoisotopic (exact) mass is 1040 g/mol. The SMILES string of the molecule is CCCCCCCCC/C=C\CCCCCCCCCC(=O)OC(COC(=O)CCCCCCCCCCCCCCCCCC)COC(=O)CCCCCCCCCCCCCCCCCCCCCCCC. The largest absolute Gasteiger partial charge is 0.462 e. The van der Waals surface area contributed by atoms with E-state index in [0.717, 1.165) is 57.8 Å². The lowest BCUT2D eigenvalue weighted by Gasteiger charge is -2.18. The number of esters is 3. The van der Waals surface area contributed by atoms with Crippen molar-refractivity contribution in [1.29, 1.82) is 0 Å². The zero-order chi connectivity index (χ0) is 53.6. The Labute approximate surface area is 462 Å². The molecule has 0 radical (unpaired) electrons. The van der Waals surface area contributed by atoms with Crippen LogP contribution in [0.2, 0.25) is 0 Å². The van der Waals surface area contributed by atoms with Gasteiger partial charge in [-0.05, 0) is 44.9 Å². The van der Waals surface area contributed by atoms with Crippen molar-refractivity contribution in [1.82, 2.24) is 0 Å². The van der Waals surface area contributed by atoms with Gasteiger partial charge in [0, 0.05) is 19.3 Å². The summed E-state index contributed by atoms with van der Waals surface area (Å²) in [5.74, 6) is -0.835. The molecular formula is C68H130O6. The summed E-state index contributed by atoms with van der Waals surface area (Å²) >= 11 is 0. The Hall–Kier alpha value is -1.85. The van der Waals surface area contributed by atoms with Crippen molar-refractivity contribution in [3.8, 4) is 0 Å². The van der Waals surface area contributed by atoms with Gasteiger partial charge >= 0.3 is 17.9 Å². The van der Waals surface area contributed by atoms with Gasteiger partial charge in [0.25, 0.3) is 0 Å². The highest BCUT2D eigenvalue weighted by molar-refractivity contribution is 5.71. The zero-order valence-electron chi connectivity index (χ0n) is 50.4. The molecule has 6 nitrogen and oxygen atoms in total. The van der Waals surface area contributed by atoms with Gasteiger partial charge in [-0.25, -0.2) is 0 Å². The van der Waals surface area contributed by atoms with E-state index in [9.17, 15) is 14.4 Å². The molecule has 0 fully saturated rings. The van der Waals surface area contributed by atoms with Gasteiger partial charge in [-0.3, -0.25) is 14.4 Å². The smallest absolute Gasteiger partial charge is 0.306 e. The number of ether oxygens (including phenoxy) is 3. The molecule has 0 saturated carbocycles. The van der Waals surface area contributed by atoms with Crippen molar-refractivity contribution in [2.45, 2.75) is 393 Å². The summed E-state index contributed by atoms with van der Waals surface area (Å²) in [7, 11) is 0. The topological polar surface area (TPSA) is 78.9 Å². The Morgan fingerprint density at radius 1 is 0.257 bits per heavy atom. The number of hydrogen-bond donors (Lipinski definition) is 0. The van der Waals surface area contributed by atoms with Gasteiger partial charge in [-0.1, -0.05) is 335 Å². The molecule has 0 N–H and O–H groups in total. The molecular weight excluding hydrogens is 913 g/mol. The number of rotatable bonds is 63. The Balaban J connectivity index is 4.27. The first-order valence-electron chi connectivity index (χ1n) is 33.7. The summed E-state index contributed by atoms with van der Waals surface area (Å²) in [4.78, 5) is 38.4. The third-order valence-corrected chi connectivity index (χ3v) is 15.5. The highest BCUT2D eigenvalue weighted by Crippen LogP contribution is 2.18. The second-order valence-electron chi connectivity index (χ2n) is 23.1. The van der Waals surface area contributed by atoms with Crippen LogP contribution in [0.5, 0.6) is 0 Å². The lowest BCUT2D eigenvalue weighted by molar-refractivity contribution is -0.167. The van der Waals surface area contributed by atoms with Gasteiger partial charge in [-0.15, -0.1) is 0 Å². The maximum Gasteiger partial charge on any atom is 0.306 e. The molecule has 0 amide bonds. The van der Waals surface area contributed by atoms with Crippen LogP contribution in [0.4, 0.5) is 0 Å². The van der Waals surface area contributed by atoms with E-state index in [1.807, 2.05) is 0 Å². The van der Waals surface area contributed by atoms with Crippen molar-refractivity contribution in [2.24, 2.45) is 0 Å². The minimum Gasteiger partial charge on any atom is -0.462 e. The second-order valence-corrected chi connectivity index (χ2v) is 23.1. The predicted octanol–water partition coefficient (Wildman–Crippen LogP) is 22.8. The maximum absolute atomic E-state index is 12.9. The third kappa shape index (κ3) is 61.0. The summed E-state index contributed by atoms with van der Waals surface area (Å²) in [6.07, 6.45) is 75.1. The van der Waals surface area contributed by atoms with Crippen LogP contribution >= 0.6 is 0 Å². The van der Waals surface area contributed by atoms with Crippen molar-refractivity contribution < 1.29 is 28.6 Å². The van der Waals surface area contributed by atoms with E-state index in [1.165, 1.54) is 289 Å². The molecule has 0 heterocycles. The normalized spacial score (nSPS) is 12.0. The molecule has 0 spiro atoms. The molecule has 438 valence electrons. The predicted molar refractivity (Wildman–Crippen MR) is 321 cm³/mol. The highest BCUT2D eigenvalue weighted by Gasteiger charge is 2.19. The number of allylic oxidation sites excluding steroid dienone is 2. The van der Waals surface area contributed by atoms with Crippen LogP contribution in [0, 0.1) is 0 Å². The minimum atomic E-state index is -0.768. The first-order valence-corrected chi connectivity index (χ1v) is 33.7. The fourth-order valence-corrected chi connectivity index (χ4v) is 10.4. The van der Waals surface area contributed by atoms with Crippen LogP contribution in [0.15, 0.2) is 12.2 Å². The van der Waals surface area contributed by atoms with Crippen molar-refractivity contribution in [3.05, 3.63) is 12.2 Å². The van der Waals surface area contributed by atoms with Crippen molar-refractivity contribution in [3.63, 3.8) is 0 Å². The molecule has 0 bridgehead atoms. The highest BCUT2D eigenvalue weighted by atomic mass is 16.6. The second kappa shape index (κ2) is 63.7. The number of carbonyl (C=O) groups is 3. The summed E-state index contributed by atoms with van der Waals surface area (Å²) in [6.45, 7) is 6.72. The Morgan fingerprint density at radius 3 is 0.676 bits per heavy atom. The van der Waals surface area contributed by atoms with Gasteiger partial charge < -0.3 is 14.2 Å². The van der Waals surface area contributed by atoms with Crippen LogP contribution in [0.25, 0.3) is 0 Å². The van der Waals surface area contributed by atoms with Crippen LogP contribution in [0.1, 0.15) is 387 Å². The molecule has 1 atom stereocenters. The molecule has 0 saturated heterocycles. The van der Waals surface area contributed by atoms with Gasteiger partial charge in [0.2, 0.25) is 0 Å². The summed E-state index contributed by atoms with van der Waals surface area (Å²) < 4.78 is 17.0. The average Bonchev–Trinajstić information content (AvgIpc) is 3.40. The molecule has 0 aliphatic carbocycles. The molecule has 6 heteroatoms. The molecule has 0 aromatic carbocycles. The van der Waals surface area contributed by atoms with Gasteiger partial charge in [-0.2, -0.15) is 0 Å². The fourth-order valence-electron chi connectivity index (χ4n) is 10.4. The molecule has 0 rings (SSSR count). The molecule has 0 aromatic heterocycles. The molecule has 0 aromatic rings. The van der Waals surface area contributed by atoms with E-state index >= 15 is 0 Å². The maximum atomic E-state index is 12.9. The van der Waals surface area contributed by atoms with Gasteiger partial charge in [0.15, 0.2) is 6.10 Å². The van der Waals surface area contributed by atoms with Crippen molar-refractivity contribution in [2.75, 3.05) is 13.2 Å². The Bertz CT molecular complexity index is 1150. The number of carbonyl (C=O) groups excluding carboxylic acids is 3. The van der Waals surface area contributed by atoms with E-state index in [1.54, 1.807) is 0 Å². The minimum absolute atomic E-state index is 0.0650. The summed E-state index contributed by atoms with van der Waals surface area (Å²) in [5.41, 5.74) is 0. The molecule has 74 heavy (non-hydrogen) atoms. The van der Waals surface area contributed by atoms with Crippen LogP contribution < -0.4 is 0 Å². The van der Waals surface area contributed by atoms with Crippen LogP contribution in [-0.2, 0) is 28.6 Å². The van der Waals surface area contributed by atoms with Gasteiger partial charge in [0.05, 0.1) is 0 Å². The lowest BCUT2D eigenvalue weighted by Crippen LogP contribution is -2.30. The van der Waals surface area contributed by atoms with E-state index in [0.29, 0.717) is 19.3 Å². The first-order chi connectivity index (χ1) is 36.5. The number of hydrogen-bond acceptors (Lipinski definition) is 6. The standard InChI is InChI=1S/C68H130O6/c1-4-7-10-13-16-19-22-25-28-31-33-34-35-36-38-40-43-46-49-52-55-58-61-67(70)73-64-65(63-72-66(69)60-57-54-51-48-45-42-39-30-27-24-21-18-15-12-9-6-3)74-68(71)62-59-56-53-50-47-44-41-37-32-29-26-23-20-17-14-11-8-5-2/h29,32,65H,4-28,30-31,33-64H2,1-3H3/b32-29-. The third-order valence-electron chi connectivity index (χ3n) is 15.5. The number of unbranched alkanes of at least 4 members (excludes halogenated alkanes) is 50. The van der Waals surface area contributed by atoms with Crippen LogP contribution in [0.3, 0.4) is 0 Å². The van der Waals surface area contributed by atoms with E-state index in [4.69, 9.17) is 14.2 Å². The first kappa shape index (κ1) is 72.2. The zero-order valence-corrected chi connectivity index (χ0v) is 50.4. The Kier molecular flexibility index (Phi) is 62.1. The Morgan fingerprint density at radius 2 is 0.446 bits per heavy atom. The molecule has 1 unspecified atom stereocenters. The lowest BCUT2D eigenvalue weighted by atomic mass is 10.0. The van der Waals surface area contributed by atoms with E-state index in [-0.39, 0.29) is 31.1 Å². The summed E-state index contributed by atoms with van der Waals surface area (Å²) in [6, 6.07) is 0. The van der Waals surface area contributed by atoms with E-state index in [2.05, 4.69) is 32.9 Å². The average molecular weight is 1040 g/mol. The molecule has 0 aliphatic rings. The van der Waals surface area contributed by atoms with Crippen molar-refractivity contribution >= 4 is 17.9 Å². The fraction of sp³-hybridized carbons (Fsp3) is 0.926. The molecule has 0 aliphatic heterocycles. The van der Waals surface area contributed by atoms with E-state index < -0.39 is 6.10 Å². The van der Waals surface area contributed by atoms with Crippen LogP contribution in [-0.4, -0.2) is 37.2 Å². The summed E-state index contributed by atoms with van der Waals surface area (Å²) in [5, 5.41) is 0.